The smallest absolute Gasteiger partial charge is 0.353 e. The van der Waals surface area contributed by atoms with E-state index in [0.29, 0.717) is 0 Å². The number of anilines is 2. The average molecular weight is 319 g/mol. The second-order valence-electron chi connectivity index (χ2n) is 5.24. The molecule has 1 aliphatic rings. The summed E-state index contributed by atoms with van der Waals surface area (Å²) in [5, 5.41) is 13.3. The molecular weight excluding hydrogens is 302 g/mol. The molecule has 0 aliphatic carbocycles. The van der Waals surface area contributed by atoms with E-state index in [9.17, 15) is 10.1 Å². The van der Waals surface area contributed by atoms with E-state index in [4.69, 9.17) is 4.74 Å². The molecule has 0 spiro atoms. The van der Waals surface area contributed by atoms with E-state index in [2.05, 4.69) is 6.07 Å². The molecule has 1 heterocycles. The molecule has 2 aromatic rings. The van der Waals surface area contributed by atoms with Crippen molar-refractivity contribution in [1.29, 1.82) is 5.26 Å². The van der Waals surface area contributed by atoms with Gasteiger partial charge in [-0.15, -0.1) is 0 Å². The van der Waals surface area contributed by atoms with Crippen molar-refractivity contribution >= 4 is 17.3 Å². The van der Waals surface area contributed by atoms with Crippen molar-refractivity contribution in [3.63, 3.8) is 0 Å². The van der Waals surface area contributed by atoms with Gasteiger partial charge in [-0.1, -0.05) is 36.4 Å². The fraction of sp³-hybridized carbons (Fsp3) is 0.158. The van der Waals surface area contributed by atoms with Crippen molar-refractivity contribution in [2.45, 2.75) is 12.5 Å². The van der Waals surface area contributed by atoms with Crippen LogP contribution in [0.2, 0.25) is 0 Å². The number of rotatable bonds is 4. The summed E-state index contributed by atoms with van der Waals surface area (Å²) in [4.78, 5) is 12.6. The van der Waals surface area contributed by atoms with Gasteiger partial charge >= 0.3 is 5.97 Å². The van der Waals surface area contributed by atoms with Crippen molar-refractivity contribution in [1.82, 2.24) is 0 Å². The van der Waals surface area contributed by atoms with Crippen molar-refractivity contribution in [2.75, 3.05) is 16.6 Å². The molecule has 0 fully saturated rings. The topological polar surface area (TPSA) is 56.6 Å². The fourth-order valence-corrected chi connectivity index (χ4v) is 2.69. The van der Waals surface area contributed by atoms with Crippen LogP contribution in [0.1, 0.15) is 6.92 Å². The number of hydrogen-bond donors (Lipinski definition) is 0. The van der Waals surface area contributed by atoms with E-state index in [-0.39, 0.29) is 6.61 Å². The number of benzene rings is 2. The summed E-state index contributed by atoms with van der Waals surface area (Å²) in [7, 11) is 0. The highest BCUT2D eigenvalue weighted by molar-refractivity contribution is 5.94. The summed E-state index contributed by atoms with van der Waals surface area (Å²) in [6.45, 7) is 1.94. The lowest BCUT2D eigenvalue weighted by atomic mass is 10.0. The van der Waals surface area contributed by atoms with Crippen LogP contribution in [0.15, 0.2) is 72.9 Å². The minimum absolute atomic E-state index is 0.212. The van der Waals surface area contributed by atoms with Crippen LogP contribution in [0.4, 0.5) is 11.4 Å². The van der Waals surface area contributed by atoms with Crippen LogP contribution in [0.5, 0.6) is 0 Å². The monoisotopic (exact) mass is 319 g/mol. The maximum Gasteiger partial charge on any atom is 0.353 e. The Labute approximate surface area is 141 Å². The van der Waals surface area contributed by atoms with E-state index in [1.165, 1.54) is 0 Å². The first-order valence-corrected chi connectivity index (χ1v) is 7.70. The molecule has 120 valence electrons. The van der Waals surface area contributed by atoms with E-state index >= 15 is 0 Å². The Kier molecular flexibility index (Phi) is 4.21. The van der Waals surface area contributed by atoms with E-state index in [1.54, 1.807) is 29.2 Å². The average Bonchev–Trinajstić information content (AvgIpc) is 3.04. The number of carbonyl (C=O) groups is 1. The highest BCUT2D eigenvalue weighted by atomic mass is 16.5. The second kappa shape index (κ2) is 6.47. The molecule has 0 aromatic heterocycles. The molecule has 1 aliphatic heterocycles. The van der Waals surface area contributed by atoms with Crippen molar-refractivity contribution < 1.29 is 9.53 Å². The summed E-state index contributed by atoms with van der Waals surface area (Å²) in [6, 6.07) is 21.0. The molecule has 0 saturated heterocycles. The van der Waals surface area contributed by atoms with Crippen LogP contribution in [-0.4, -0.2) is 18.1 Å². The molecule has 0 bridgehead atoms. The molecule has 0 radical (unpaired) electrons. The van der Waals surface area contributed by atoms with Gasteiger partial charge in [0.2, 0.25) is 0 Å². The standard InChI is InChI=1S/C19H17N3O2/c1-2-24-18(23)19(15-20)13-14-21(16-9-5-3-6-10-16)22(19)17-11-7-4-8-12-17/h3-14H,2H2,1H3. The van der Waals surface area contributed by atoms with Gasteiger partial charge in [-0.05, 0) is 37.3 Å². The minimum Gasteiger partial charge on any atom is -0.463 e. The molecule has 3 rings (SSSR count). The number of nitrogens with zero attached hydrogens (tertiary/aromatic N) is 3. The summed E-state index contributed by atoms with van der Waals surface area (Å²) in [5.74, 6) is -0.592. The van der Waals surface area contributed by atoms with Gasteiger partial charge < -0.3 is 4.74 Å². The number of esters is 1. The van der Waals surface area contributed by atoms with E-state index in [0.717, 1.165) is 11.4 Å². The van der Waals surface area contributed by atoms with Gasteiger partial charge in [0, 0.05) is 6.20 Å². The third-order valence-corrected chi connectivity index (χ3v) is 3.79. The van der Waals surface area contributed by atoms with Gasteiger partial charge in [-0.2, -0.15) is 5.26 Å². The Morgan fingerprint density at radius 2 is 1.67 bits per heavy atom. The predicted molar refractivity (Wildman–Crippen MR) is 92.0 cm³/mol. The summed E-state index contributed by atoms with van der Waals surface area (Å²) in [5.41, 5.74) is 0.0349. The molecule has 1 atom stereocenters. The first kappa shape index (κ1) is 15.6. The Hall–Kier alpha value is -3.26. The number of para-hydroxylation sites is 2. The number of hydrogen-bond acceptors (Lipinski definition) is 5. The number of ether oxygens (including phenoxy) is 1. The summed E-state index contributed by atoms with van der Waals surface area (Å²) in [6.07, 6.45) is 3.30. The lowest BCUT2D eigenvalue weighted by molar-refractivity contribution is -0.145. The van der Waals surface area contributed by atoms with E-state index < -0.39 is 11.5 Å². The van der Waals surface area contributed by atoms with Crippen molar-refractivity contribution in [2.24, 2.45) is 0 Å². The molecule has 0 saturated carbocycles. The SMILES string of the molecule is CCOC(=O)C1(C#N)C=CN(c2ccccc2)N1c1ccccc1. The Bertz CT molecular complexity index is 783. The van der Waals surface area contributed by atoms with Gasteiger partial charge in [0.25, 0.3) is 5.54 Å². The summed E-state index contributed by atoms with van der Waals surface area (Å²) < 4.78 is 5.17. The lowest BCUT2D eigenvalue weighted by Gasteiger charge is -2.38. The minimum atomic E-state index is -1.53. The third kappa shape index (κ3) is 2.48. The predicted octanol–water partition coefficient (Wildman–Crippen LogP) is 3.27. The highest BCUT2D eigenvalue weighted by Crippen LogP contribution is 2.36. The second-order valence-corrected chi connectivity index (χ2v) is 5.24. The van der Waals surface area contributed by atoms with Crippen molar-refractivity contribution in [3.8, 4) is 6.07 Å². The summed E-state index contributed by atoms with van der Waals surface area (Å²) >= 11 is 0. The maximum atomic E-state index is 12.6. The van der Waals surface area contributed by atoms with Crippen LogP contribution >= 0.6 is 0 Å². The lowest BCUT2D eigenvalue weighted by Crippen LogP contribution is -2.56. The first-order chi connectivity index (χ1) is 11.7. The van der Waals surface area contributed by atoms with Crippen LogP contribution in [0, 0.1) is 11.3 Å². The van der Waals surface area contributed by atoms with Crippen LogP contribution < -0.4 is 10.0 Å². The molecular formula is C19H17N3O2. The van der Waals surface area contributed by atoms with Gasteiger partial charge in [-0.3, -0.25) is 5.01 Å². The Morgan fingerprint density at radius 3 is 2.21 bits per heavy atom. The van der Waals surface area contributed by atoms with E-state index in [1.807, 2.05) is 60.7 Å². The number of hydrazine groups is 1. The first-order valence-electron chi connectivity index (χ1n) is 7.70. The van der Waals surface area contributed by atoms with Crippen LogP contribution in [-0.2, 0) is 9.53 Å². The van der Waals surface area contributed by atoms with Gasteiger partial charge in [0.1, 0.15) is 6.07 Å². The number of nitriles is 1. The zero-order valence-corrected chi connectivity index (χ0v) is 13.3. The van der Waals surface area contributed by atoms with Gasteiger partial charge in [0.05, 0.1) is 18.0 Å². The largest absolute Gasteiger partial charge is 0.463 e. The molecule has 0 N–H and O–H groups in total. The molecule has 5 nitrogen and oxygen atoms in total. The Balaban J connectivity index is 2.12. The van der Waals surface area contributed by atoms with Crippen LogP contribution in [0.3, 0.4) is 0 Å². The zero-order valence-electron chi connectivity index (χ0n) is 13.3. The quantitative estimate of drug-likeness (QED) is 0.810. The molecule has 1 unspecified atom stereocenters. The van der Waals surface area contributed by atoms with Gasteiger partial charge in [0.15, 0.2) is 0 Å². The van der Waals surface area contributed by atoms with Gasteiger partial charge in [-0.25, -0.2) is 9.80 Å². The molecule has 5 heteroatoms. The molecule has 0 amide bonds. The zero-order chi connectivity index (χ0) is 17.0. The van der Waals surface area contributed by atoms with Crippen LogP contribution in [0.25, 0.3) is 0 Å². The van der Waals surface area contributed by atoms with Crippen molar-refractivity contribution in [3.05, 3.63) is 72.9 Å². The molecule has 2 aromatic carbocycles. The maximum absolute atomic E-state index is 12.6. The Morgan fingerprint density at radius 1 is 1.08 bits per heavy atom. The number of carbonyl (C=O) groups excluding carboxylic acids is 1. The normalized spacial score (nSPS) is 19.2. The third-order valence-electron chi connectivity index (χ3n) is 3.79. The fourth-order valence-electron chi connectivity index (χ4n) is 2.69. The molecule has 24 heavy (non-hydrogen) atoms. The highest BCUT2D eigenvalue weighted by Gasteiger charge is 2.50.